The van der Waals surface area contributed by atoms with Gasteiger partial charge in [0.15, 0.2) is 0 Å². The minimum atomic E-state index is -0.796. The highest BCUT2D eigenvalue weighted by molar-refractivity contribution is 6.31. The van der Waals surface area contributed by atoms with Gasteiger partial charge in [0, 0.05) is 16.6 Å². The second-order valence-corrected chi connectivity index (χ2v) is 4.62. The van der Waals surface area contributed by atoms with Crippen molar-refractivity contribution >= 4 is 11.6 Å². The van der Waals surface area contributed by atoms with Gasteiger partial charge in [-0.25, -0.2) is 13.2 Å². The zero-order valence-electron chi connectivity index (χ0n) is 9.84. The smallest absolute Gasteiger partial charge is 0.128 e. The number of hydrogen-bond donors (Lipinski definition) is 1. The van der Waals surface area contributed by atoms with E-state index in [-0.39, 0.29) is 12.0 Å². The van der Waals surface area contributed by atoms with Gasteiger partial charge in [0.2, 0.25) is 0 Å². The lowest BCUT2D eigenvalue weighted by molar-refractivity contribution is 0.560. The highest BCUT2D eigenvalue weighted by Gasteiger charge is 2.15. The molecule has 1 unspecified atom stereocenters. The largest absolute Gasteiger partial charge is 0.324 e. The number of hydrogen-bond acceptors (Lipinski definition) is 1. The van der Waals surface area contributed by atoms with Crippen LogP contribution in [0.2, 0.25) is 5.02 Å². The molecule has 0 saturated carbocycles. The fourth-order valence-electron chi connectivity index (χ4n) is 1.85. The molecule has 0 spiro atoms. The average Bonchev–Trinajstić information content (AvgIpc) is 2.36. The van der Waals surface area contributed by atoms with Crippen LogP contribution in [0.4, 0.5) is 13.2 Å². The molecule has 2 aromatic rings. The summed E-state index contributed by atoms with van der Waals surface area (Å²) < 4.78 is 39.7. The van der Waals surface area contributed by atoms with Gasteiger partial charge in [-0.05, 0) is 48.4 Å². The molecule has 0 aliphatic rings. The Morgan fingerprint density at radius 3 is 2.37 bits per heavy atom. The highest BCUT2D eigenvalue weighted by atomic mass is 35.5. The van der Waals surface area contributed by atoms with E-state index in [0.717, 1.165) is 18.2 Å². The predicted molar refractivity (Wildman–Crippen MR) is 68.4 cm³/mol. The van der Waals surface area contributed by atoms with Crippen molar-refractivity contribution in [2.75, 3.05) is 0 Å². The maximum absolute atomic E-state index is 13.5. The lowest BCUT2D eigenvalue weighted by atomic mass is 9.99. The first-order valence-electron chi connectivity index (χ1n) is 5.62. The third kappa shape index (κ3) is 3.28. The molecule has 0 aromatic heterocycles. The van der Waals surface area contributed by atoms with Crippen LogP contribution >= 0.6 is 11.6 Å². The van der Waals surface area contributed by atoms with Crippen LogP contribution in [-0.2, 0) is 6.42 Å². The van der Waals surface area contributed by atoms with Gasteiger partial charge in [-0.2, -0.15) is 0 Å². The third-order valence-corrected chi connectivity index (χ3v) is 3.17. The molecule has 5 heteroatoms. The number of benzene rings is 2. The molecule has 2 aromatic carbocycles. The van der Waals surface area contributed by atoms with E-state index in [4.69, 9.17) is 17.3 Å². The summed E-state index contributed by atoms with van der Waals surface area (Å²) >= 11 is 5.91. The SMILES string of the molecule is NC(Cc1cc(F)ccc1Cl)c1cc(F)ccc1F. The second-order valence-electron chi connectivity index (χ2n) is 4.21. The summed E-state index contributed by atoms with van der Waals surface area (Å²) in [6.45, 7) is 0. The maximum atomic E-state index is 13.5. The van der Waals surface area contributed by atoms with E-state index in [1.807, 2.05) is 0 Å². The van der Waals surface area contributed by atoms with Crippen molar-refractivity contribution in [3.8, 4) is 0 Å². The molecule has 1 atom stereocenters. The third-order valence-electron chi connectivity index (χ3n) is 2.81. The van der Waals surface area contributed by atoms with Crippen LogP contribution in [0.25, 0.3) is 0 Å². The molecular weight excluding hydrogens is 275 g/mol. The highest BCUT2D eigenvalue weighted by Crippen LogP contribution is 2.24. The Hall–Kier alpha value is -1.52. The van der Waals surface area contributed by atoms with E-state index in [1.165, 1.54) is 18.2 Å². The quantitative estimate of drug-likeness (QED) is 0.906. The van der Waals surface area contributed by atoms with E-state index in [1.54, 1.807) is 0 Å². The summed E-state index contributed by atoms with van der Waals surface area (Å²) in [5.41, 5.74) is 6.33. The van der Waals surface area contributed by atoms with E-state index >= 15 is 0 Å². The van der Waals surface area contributed by atoms with Gasteiger partial charge in [-0.3, -0.25) is 0 Å². The van der Waals surface area contributed by atoms with Crippen LogP contribution in [0.3, 0.4) is 0 Å². The molecular formula is C14H11ClF3N. The molecule has 0 amide bonds. The van der Waals surface area contributed by atoms with Crippen molar-refractivity contribution in [1.82, 2.24) is 0 Å². The summed E-state index contributed by atoms with van der Waals surface area (Å²) in [4.78, 5) is 0. The molecule has 19 heavy (non-hydrogen) atoms. The van der Waals surface area contributed by atoms with Crippen LogP contribution in [-0.4, -0.2) is 0 Å². The Bertz CT molecular complexity index is 601. The zero-order valence-corrected chi connectivity index (χ0v) is 10.6. The molecule has 0 fully saturated rings. The molecule has 0 aliphatic heterocycles. The van der Waals surface area contributed by atoms with E-state index in [0.29, 0.717) is 10.6 Å². The lowest BCUT2D eigenvalue weighted by Gasteiger charge is -2.14. The van der Waals surface area contributed by atoms with Gasteiger partial charge in [-0.15, -0.1) is 0 Å². The molecule has 0 bridgehead atoms. The molecule has 0 heterocycles. The minimum absolute atomic E-state index is 0.0420. The van der Waals surface area contributed by atoms with Crippen molar-refractivity contribution in [1.29, 1.82) is 0 Å². The molecule has 1 nitrogen and oxygen atoms in total. The summed E-state index contributed by atoms with van der Waals surface area (Å²) in [7, 11) is 0. The molecule has 0 radical (unpaired) electrons. The van der Waals surface area contributed by atoms with Crippen molar-refractivity contribution in [3.05, 3.63) is 70.0 Å². The second kappa shape index (κ2) is 5.63. The van der Waals surface area contributed by atoms with Gasteiger partial charge >= 0.3 is 0 Å². The summed E-state index contributed by atoms with van der Waals surface area (Å²) in [6, 6.07) is 6.13. The van der Waals surface area contributed by atoms with Gasteiger partial charge in [-0.1, -0.05) is 11.6 Å². The monoisotopic (exact) mass is 285 g/mol. The molecule has 2 rings (SSSR count). The molecule has 0 saturated heterocycles. The first kappa shape index (κ1) is 13.9. The Morgan fingerprint density at radius 2 is 1.63 bits per heavy atom. The Kier molecular flexibility index (Phi) is 4.12. The summed E-state index contributed by atoms with van der Waals surface area (Å²) in [6.07, 6.45) is 0.122. The topological polar surface area (TPSA) is 26.0 Å². The Morgan fingerprint density at radius 1 is 1.00 bits per heavy atom. The van der Waals surface area contributed by atoms with Gasteiger partial charge in [0.1, 0.15) is 17.5 Å². The maximum Gasteiger partial charge on any atom is 0.128 e. The van der Waals surface area contributed by atoms with Crippen molar-refractivity contribution in [3.63, 3.8) is 0 Å². The Balaban J connectivity index is 2.27. The zero-order chi connectivity index (χ0) is 14.0. The van der Waals surface area contributed by atoms with Crippen LogP contribution < -0.4 is 5.73 Å². The molecule has 0 aliphatic carbocycles. The summed E-state index contributed by atoms with van der Waals surface area (Å²) in [5, 5.41) is 0.341. The van der Waals surface area contributed by atoms with Gasteiger partial charge < -0.3 is 5.73 Å². The first-order valence-corrected chi connectivity index (χ1v) is 5.99. The van der Waals surface area contributed by atoms with Crippen LogP contribution in [0, 0.1) is 17.5 Å². The summed E-state index contributed by atoms with van der Waals surface area (Å²) in [5.74, 6) is -1.62. The van der Waals surface area contributed by atoms with E-state index < -0.39 is 23.5 Å². The van der Waals surface area contributed by atoms with Crippen molar-refractivity contribution in [2.45, 2.75) is 12.5 Å². The minimum Gasteiger partial charge on any atom is -0.324 e. The van der Waals surface area contributed by atoms with Crippen LogP contribution in [0.15, 0.2) is 36.4 Å². The molecule has 100 valence electrons. The first-order chi connectivity index (χ1) is 8.97. The number of rotatable bonds is 3. The van der Waals surface area contributed by atoms with E-state index in [9.17, 15) is 13.2 Å². The normalized spacial score (nSPS) is 12.5. The number of nitrogens with two attached hydrogens (primary N) is 1. The van der Waals surface area contributed by atoms with E-state index in [2.05, 4.69) is 0 Å². The fraction of sp³-hybridized carbons (Fsp3) is 0.143. The van der Waals surface area contributed by atoms with Crippen molar-refractivity contribution < 1.29 is 13.2 Å². The predicted octanol–water partition coefficient (Wildman–Crippen LogP) is 4.00. The lowest BCUT2D eigenvalue weighted by Crippen LogP contribution is -2.15. The van der Waals surface area contributed by atoms with Crippen LogP contribution in [0.1, 0.15) is 17.2 Å². The number of halogens is 4. The Labute approximate surface area is 113 Å². The van der Waals surface area contributed by atoms with Crippen LogP contribution in [0.5, 0.6) is 0 Å². The average molecular weight is 286 g/mol. The van der Waals surface area contributed by atoms with Gasteiger partial charge in [0.05, 0.1) is 0 Å². The molecule has 2 N–H and O–H groups in total. The standard InChI is InChI=1S/C14H11ClF3N/c15-12-3-1-9(16)5-8(12)6-14(19)11-7-10(17)2-4-13(11)18/h1-5,7,14H,6,19H2. The van der Waals surface area contributed by atoms with Crippen molar-refractivity contribution in [2.24, 2.45) is 5.73 Å². The van der Waals surface area contributed by atoms with Gasteiger partial charge in [0.25, 0.3) is 0 Å². The fourth-order valence-corrected chi connectivity index (χ4v) is 2.04.